The average molecular weight is 447 g/mol. The predicted octanol–water partition coefficient (Wildman–Crippen LogP) is 3.67. The SMILES string of the molecule is CCOc1cc(C(=O)NN=Cc2ccc(OC)c(OC)c2OC)cc(OCC)c1OCC. The van der Waals surface area contributed by atoms with E-state index in [1.165, 1.54) is 27.5 Å². The standard InChI is InChI=1S/C23H30N2O7/c1-7-30-18-12-16(13-19(31-8-2)21(18)32-9-3)23(26)25-24-14-15-10-11-17(27-4)22(29-6)20(15)28-5/h10-14H,7-9H2,1-6H3,(H,25,26). The van der Waals surface area contributed by atoms with Gasteiger partial charge in [0.15, 0.2) is 23.0 Å². The zero-order valence-electron chi connectivity index (χ0n) is 19.3. The Kier molecular flexibility index (Phi) is 9.46. The quantitative estimate of drug-likeness (QED) is 0.392. The van der Waals surface area contributed by atoms with E-state index in [1.54, 1.807) is 24.3 Å². The maximum atomic E-state index is 12.7. The average Bonchev–Trinajstić information content (AvgIpc) is 2.80. The molecule has 0 saturated heterocycles. The number of hydrogen-bond donors (Lipinski definition) is 1. The van der Waals surface area contributed by atoms with Crippen LogP contribution < -0.4 is 33.8 Å². The van der Waals surface area contributed by atoms with Crippen LogP contribution in [0.5, 0.6) is 34.5 Å². The molecule has 0 bridgehead atoms. The summed E-state index contributed by atoms with van der Waals surface area (Å²) >= 11 is 0. The second kappa shape index (κ2) is 12.3. The molecule has 2 aromatic carbocycles. The van der Waals surface area contributed by atoms with Gasteiger partial charge in [-0.25, -0.2) is 5.43 Å². The van der Waals surface area contributed by atoms with Crippen LogP contribution in [0.25, 0.3) is 0 Å². The summed E-state index contributed by atoms with van der Waals surface area (Å²) in [6.07, 6.45) is 1.46. The van der Waals surface area contributed by atoms with E-state index in [2.05, 4.69) is 10.5 Å². The van der Waals surface area contributed by atoms with E-state index in [9.17, 15) is 4.79 Å². The molecule has 0 aliphatic heterocycles. The van der Waals surface area contributed by atoms with Gasteiger partial charge in [-0.2, -0.15) is 5.10 Å². The molecule has 0 aromatic heterocycles. The number of benzene rings is 2. The number of hydrogen-bond acceptors (Lipinski definition) is 8. The Morgan fingerprint density at radius 1 is 0.812 bits per heavy atom. The summed E-state index contributed by atoms with van der Waals surface area (Å²) in [7, 11) is 4.56. The molecular weight excluding hydrogens is 416 g/mol. The smallest absolute Gasteiger partial charge is 0.271 e. The van der Waals surface area contributed by atoms with Gasteiger partial charge < -0.3 is 28.4 Å². The minimum absolute atomic E-state index is 0.316. The van der Waals surface area contributed by atoms with Crippen molar-refractivity contribution in [2.45, 2.75) is 20.8 Å². The van der Waals surface area contributed by atoms with Crippen LogP contribution in [0.1, 0.15) is 36.7 Å². The first kappa shape index (κ1) is 24.6. The highest BCUT2D eigenvalue weighted by atomic mass is 16.5. The number of ether oxygens (including phenoxy) is 6. The van der Waals surface area contributed by atoms with Gasteiger partial charge in [0.2, 0.25) is 11.5 Å². The fourth-order valence-electron chi connectivity index (χ4n) is 2.97. The number of rotatable bonds is 12. The van der Waals surface area contributed by atoms with E-state index in [1.807, 2.05) is 20.8 Å². The van der Waals surface area contributed by atoms with Crippen LogP contribution in [0.2, 0.25) is 0 Å². The number of carbonyl (C=O) groups excluding carboxylic acids is 1. The van der Waals surface area contributed by atoms with Crippen LogP contribution in [0, 0.1) is 0 Å². The first-order valence-electron chi connectivity index (χ1n) is 10.2. The summed E-state index contributed by atoms with van der Waals surface area (Å²) in [5.74, 6) is 2.26. The summed E-state index contributed by atoms with van der Waals surface area (Å²) in [5, 5.41) is 4.05. The number of amides is 1. The highest BCUT2D eigenvalue weighted by Gasteiger charge is 2.18. The monoisotopic (exact) mass is 446 g/mol. The molecule has 0 fully saturated rings. The lowest BCUT2D eigenvalue weighted by molar-refractivity contribution is 0.0954. The molecule has 0 unspecified atom stereocenters. The summed E-state index contributed by atoms with van der Waals surface area (Å²) < 4.78 is 33.0. The topological polar surface area (TPSA) is 96.8 Å². The van der Waals surface area contributed by atoms with Crippen molar-refractivity contribution in [3.8, 4) is 34.5 Å². The second-order valence-electron chi connectivity index (χ2n) is 6.22. The van der Waals surface area contributed by atoms with Crippen LogP contribution in [0.4, 0.5) is 0 Å². The Hall–Kier alpha value is -3.62. The first-order valence-corrected chi connectivity index (χ1v) is 10.2. The van der Waals surface area contributed by atoms with Crippen LogP contribution in [-0.4, -0.2) is 53.3 Å². The Labute approximate surface area is 188 Å². The normalized spacial score (nSPS) is 10.6. The zero-order valence-corrected chi connectivity index (χ0v) is 19.3. The molecule has 0 heterocycles. The van der Waals surface area contributed by atoms with E-state index in [0.29, 0.717) is 65.4 Å². The summed E-state index contributed by atoms with van der Waals surface area (Å²) in [6.45, 7) is 6.82. The van der Waals surface area contributed by atoms with Crippen molar-refractivity contribution in [1.82, 2.24) is 5.43 Å². The van der Waals surface area contributed by atoms with Gasteiger partial charge in [-0.1, -0.05) is 0 Å². The van der Waals surface area contributed by atoms with Gasteiger partial charge in [-0.05, 0) is 45.0 Å². The Bertz CT molecular complexity index is 917. The minimum atomic E-state index is -0.439. The van der Waals surface area contributed by atoms with E-state index < -0.39 is 5.91 Å². The van der Waals surface area contributed by atoms with Crippen molar-refractivity contribution < 1.29 is 33.2 Å². The van der Waals surface area contributed by atoms with E-state index in [-0.39, 0.29) is 0 Å². The lowest BCUT2D eigenvalue weighted by atomic mass is 10.1. The Morgan fingerprint density at radius 2 is 1.41 bits per heavy atom. The largest absolute Gasteiger partial charge is 0.493 e. The highest BCUT2D eigenvalue weighted by molar-refractivity contribution is 5.96. The lowest BCUT2D eigenvalue weighted by Crippen LogP contribution is -2.18. The van der Waals surface area contributed by atoms with Gasteiger partial charge in [0.05, 0.1) is 47.4 Å². The van der Waals surface area contributed by atoms with Crippen molar-refractivity contribution >= 4 is 12.1 Å². The Morgan fingerprint density at radius 3 is 1.91 bits per heavy atom. The lowest BCUT2D eigenvalue weighted by Gasteiger charge is -2.16. The molecule has 2 rings (SSSR count). The molecule has 32 heavy (non-hydrogen) atoms. The van der Waals surface area contributed by atoms with Gasteiger partial charge in [0, 0.05) is 11.1 Å². The van der Waals surface area contributed by atoms with Gasteiger partial charge in [0.25, 0.3) is 5.91 Å². The number of nitrogens with zero attached hydrogens (tertiary/aromatic N) is 1. The van der Waals surface area contributed by atoms with Crippen LogP contribution in [-0.2, 0) is 0 Å². The maximum absolute atomic E-state index is 12.7. The van der Waals surface area contributed by atoms with Crippen molar-refractivity contribution in [1.29, 1.82) is 0 Å². The van der Waals surface area contributed by atoms with Crippen molar-refractivity contribution in [3.05, 3.63) is 35.4 Å². The first-order chi connectivity index (χ1) is 15.5. The maximum Gasteiger partial charge on any atom is 0.271 e. The van der Waals surface area contributed by atoms with Gasteiger partial charge in [0.1, 0.15) is 0 Å². The van der Waals surface area contributed by atoms with Gasteiger partial charge >= 0.3 is 0 Å². The second-order valence-corrected chi connectivity index (χ2v) is 6.22. The number of hydrazone groups is 1. The fraction of sp³-hybridized carbons (Fsp3) is 0.391. The summed E-state index contributed by atoms with van der Waals surface area (Å²) in [5.41, 5.74) is 3.42. The molecule has 1 N–H and O–H groups in total. The van der Waals surface area contributed by atoms with E-state index in [0.717, 1.165) is 0 Å². The molecule has 0 radical (unpaired) electrons. The number of carbonyl (C=O) groups is 1. The molecule has 0 aliphatic carbocycles. The predicted molar refractivity (Wildman–Crippen MR) is 121 cm³/mol. The molecule has 0 atom stereocenters. The van der Waals surface area contributed by atoms with Crippen LogP contribution >= 0.6 is 0 Å². The molecule has 0 aliphatic rings. The third-order valence-electron chi connectivity index (χ3n) is 4.28. The molecule has 9 nitrogen and oxygen atoms in total. The highest BCUT2D eigenvalue weighted by Crippen LogP contribution is 2.40. The molecule has 0 spiro atoms. The molecule has 9 heteroatoms. The zero-order chi connectivity index (χ0) is 23.5. The van der Waals surface area contributed by atoms with Crippen molar-refractivity contribution in [2.75, 3.05) is 41.2 Å². The molecule has 174 valence electrons. The van der Waals surface area contributed by atoms with Crippen LogP contribution in [0.3, 0.4) is 0 Å². The van der Waals surface area contributed by atoms with Crippen molar-refractivity contribution in [2.24, 2.45) is 5.10 Å². The number of methoxy groups -OCH3 is 3. The van der Waals surface area contributed by atoms with Crippen molar-refractivity contribution in [3.63, 3.8) is 0 Å². The van der Waals surface area contributed by atoms with Gasteiger partial charge in [-0.15, -0.1) is 0 Å². The fourth-order valence-corrected chi connectivity index (χ4v) is 2.97. The summed E-state index contributed by atoms with van der Waals surface area (Å²) in [4.78, 5) is 12.7. The Balaban J connectivity index is 2.30. The molecule has 0 saturated carbocycles. The van der Waals surface area contributed by atoms with Gasteiger partial charge in [-0.3, -0.25) is 4.79 Å². The number of nitrogens with one attached hydrogen (secondary N) is 1. The summed E-state index contributed by atoms with van der Waals surface area (Å²) in [6, 6.07) is 6.66. The molecular formula is C23H30N2O7. The molecule has 2 aromatic rings. The molecule has 1 amide bonds. The third-order valence-corrected chi connectivity index (χ3v) is 4.28. The van der Waals surface area contributed by atoms with E-state index in [4.69, 9.17) is 28.4 Å². The third kappa shape index (κ3) is 5.75. The van der Waals surface area contributed by atoms with Crippen LogP contribution in [0.15, 0.2) is 29.4 Å². The van der Waals surface area contributed by atoms with E-state index >= 15 is 0 Å². The minimum Gasteiger partial charge on any atom is -0.493 e.